The lowest BCUT2D eigenvalue weighted by Crippen LogP contribution is -1.99. The van der Waals surface area contributed by atoms with Gasteiger partial charge in [0.25, 0.3) is 0 Å². The number of allylic oxidation sites excluding steroid dienone is 1. The molecule has 0 aliphatic heterocycles. The van der Waals surface area contributed by atoms with Crippen LogP contribution in [0.25, 0.3) is 6.08 Å². The normalized spacial score (nSPS) is 11.0. The largest absolute Gasteiger partial charge is 0.496 e. The van der Waals surface area contributed by atoms with E-state index in [-0.39, 0.29) is 5.78 Å². The van der Waals surface area contributed by atoms with E-state index in [1.165, 1.54) is 0 Å². The molecule has 0 aliphatic carbocycles. The maximum atomic E-state index is 12.5. The van der Waals surface area contributed by atoms with E-state index < -0.39 is 0 Å². The van der Waals surface area contributed by atoms with E-state index in [1.54, 1.807) is 30.1 Å². The summed E-state index contributed by atoms with van der Waals surface area (Å²) >= 11 is 3.41. The monoisotopic (exact) mass is 454 g/mol. The average Bonchev–Trinajstić information content (AvgIpc) is 3.12. The molecule has 0 spiro atoms. The Morgan fingerprint density at radius 3 is 2.62 bits per heavy atom. The first-order chi connectivity index (χ1) is 14.0. The van der Waals surface area contributed by atoms with Crippen molar-refractivity contribution in [2.75, 3.05) is 7.11 Å². The Morgan fingerprint density at radius 2 is 1.97 bits per heavy atom. The summed E-state index contributed by atoms with van der Waals surface area (Å²) in [5.41, 5.74) is 3.16. The average molecular weight is 455 g/mol. The van der Waals surface area contributed by atoms with Crippen LogP contribution in [0.4, 0.5) is 0 Å². The lowest BCUT2D eigenvalue weighted by Gasteiger charge is -2.11. The molecule has 1 aromatic heterocycles. The van der Waals surface area contributed by atoms with Gasteiger partial charge in [-0.2, -0.15) is 5.10 Å². The number of nitrogens with zero attached hydrogens (tertiary/aromatic N) is 2. The van der Waals surface area contributed by atoms with Gasteiger partial charge in [0.2, 0.25) is 0 Å². The van der Waals surface area contributed by atoms with Crippen LogP contribution in [0.5, 0.6) is 11.5 Å². The number of benzene rings is 2. The molecule has 0 unspecified atom stereocenters. The first kappa shape index (κ1) is 20.9. The molecule has 0 N–H and O–H groups in total. The van der Waals surface area contributed by atoms with E-state index in [2.05, 4.69) is 21.0 Å². The van der Waals surface area contributed by atoms with Crippen LogP contribution in [0.3, 0.4) is 0 Å². The predicted octanol–water partition coefficient (Wildman–Crippen LogP) is 5.46. The molecular formula is C23H23BrN2O3. The molecule has 0 aliphatic rings. The predicted molar refractivity (Wildman–Crippen MR) is 117 cm³/mol. The highest BCUT2D eigenvalue weighted by atomic mass is 79.9. The van der Waals surface area contributed by atoms with Gasteiger partial charge >= 0.3 is 0 Å². The second-order valence-electron chi connectivity index (χ2n) is 6.50. The van der Waals surface area contributed by atoms with Crippen molar-refractivity contribution >= 4 is 27.8 Å². The number of aryl methyl sites for hydroxylation is 2. The Kier molecular flexibility index (Phi) is 6.88. The third kappa shape index (κ3) is 5.35. The number of ketones is 1. The summed E-state index contributed by atoms with van der Waals surface area (Å²) in [6, 6.07) is 13.4. The highest BCUT2D eigenvalue weighted by molar-refractivity contribution is 9.10. The zero-order valence-corrected chi connectivity index (χ0v) is 18.3. The Bertz CT molecular complexity index is 1020. The minimum absolute atomic E-state index is 0.0642. The van der Waals surface area contributed by atoms with E-state index in [9.17, 15) is 4.79 Å². The SMILES string of the molecule is CCn1cc(C(=O)/C=C/c2ccc(OC)c(COc3ccc(Br)cc3)c2)c(C)n1. The van der Waals surface area contributed by atoms with Crippen LogP contribution in [0, 0.1) is 6.92 Å². The summed E-state index contributed by atoms with van der Waals surface area (Å²) < 4.78 is 14.1. The van der Waals surface area contributed by atoms with Gasteiger partial charge in [-0.3, -0.25) is 9.48 Å². The Labute approximate surface area is 179 Å². The molecule has 0 amide bonds. The fourth-order valence-electron chi connectivity index (χ4n) is 2.89. The number of methoxy groups -OCH3 is 1. The van der Waals surface area contributed by atoms with E-state index in [1.807, 2.05) is 56.3 Å². The van der Waals surface area contributed by atoms with Crippen LogP contribution < -0.4 is 9.47 Å². The van der Waals surface area contributed by atoms with Crippen molar-refractivity contribution in [3.63, 3.8) is 0 Å². The summed E-state index contributed by atoms with van der Waals surface area (Å²) in [5.74, 6) is 1.45. The van der Waals surface area contributed by atoms with Crippen molar-refractivity contribution in [1.29, 1.82) is 0 Å². The fourth-order valence-corrected chi connectivity index (χ4v) is 3.15. The minimum atomic E-state index is -0.0642. The van der Waals surface area contributed by atoms with Gasteiger partial charge in [-0.25, -0.2) is 0 Å². The first-order valence-electron chi connectivity index (χ1n) is 9.32. The lowest BCUT2D eigenvalue weighted by atomic mass is 10.1. The molecule has 29 heavy (non-hydrogen) atoms. The van der Waals surface area contributed by atoms with Gasteiger partial charge in [0.05, 0.1) is 18.4 Å². The maximum Gasteiger partial charge on any atom is 0.189 e. The summed E-state index contributed by atoms with van der Waals surface area (Å²) in [7, 11) is 1.63. The van der Waals surface area contributed by atoms with Crippen molar-refractivity contribution in [3.8, 4) is 11.5 Å². The van der Waals surface area contributed by atoms with Gasteiger partial charge in [-0.05, 0) is 61.9 Å². The molecule has 0 atom stereocenters. The van der Waals surface area contributed by atoms with E-state index in [0.717, 1.165) is 39.3 Å². The summed E-state index contributed by atoms with van der Waals surface area (Å²) in [5, 5.41) is 4.33. The van der Waals surface area contributed by atoms with Gasteiger partial charge in [0, 0.05) is 22.8 Å². The molecule has 0 bridgehead atoms. The zero-order chi connectivity index (χ0) is 20.8. The number of halogens is 1. The molecule has 0 fully saturated rings. The standard InChI is InChI=1S/C23H23BrN2O3/c1-4-26-14-21(16(2)25-26)22(27)11-5-17-6-12-23(28-3)18(13-17)15-29-20-9-7-19(24)8-10-20/h5-14H,4,15H2,1-3H3/b11-5+. The zero-order valence-electron chi connectivity index (χ0n) is 16.7. The fraction of sp³-hybridized carbons (Fsp3) is 0.217. The molecule has 150 valence electrons. The van der Waals surface area contributed by atoms with Crippen molar-refractivity contribution < 1.29 is 14.3 Å². The highest BCUT2D eigenvalue weighted by Crippen LogP contribution is 2.24. The van der Waals surface area contributed by atoms with Crippen LogP contribution in [0.2, 0.25) is 0 Å². The topological polar surface area (TPSA) is 53.4 Å². The number of aromatic nitrogens is 2. The Hall–Kier alpha value is -2.86. The number of hydrogen-bond donors (Lipinski definition) is 0. The number of carbonyl (C=O) groups excluding carboxylic acids is 1. The second-order valence-corrected chi connectivity index (χ2v) is 7.41. The molecule has 5 nitrogen and oxygen atoms in total. The van der Waals surface area contributed by atoms with Gasteiger partial charge in [-0.1, -0.05) is 28.1 Å². The van der Waals surface area contributed by atoms with E-state index in [4.69, 9.17) is 9.47 Å². The van der Waals surface area contributed by atoms with Crippen molar-refractivity contribution in [2.24, 2.45) is 0 Å². The summed E-state index contributed by atoms with van der Waals surface area (Å²) in [4.78, 5) is 12.5. The Morgan fingerprint density at radius 1 is 1.21 bits per heavy atom. The van der Waals surface area contributed by atoms with Crippen LogP contribution >= 0.6 is 15.9 Å². The van der Waals surface area contributed by atoms with Crippen molar-refractivity contribution in [1.82, 2.24) is 9.78 Å². The van der Waals surface area contributed by atoms with Crippen LogP contribution in [-0.4, -0.2) is 22.7 Å². The second kappa shape index (κ2) is 9.56. The van der Waals surface area contributed by atoms with E-state index >= 15 is 0 Å². The molecule has 3 rings (SSSR count). The van der Waals surface area contributed by atoms with Gasteiger partial charge in [-0.15, -0.1) is 0 Å². The van der Waals surface area contributed by atoms with Crippen molar-refractivity contribution in [2.45, 2.75) is 27.0 Å². The molecule has 0 radical (unpaired) electrons. The summed E-state index contributed by atoms with van der Waals surface area (Å²) in [6.45, 7) is 4.94. The minimum Gasteiger partial charge on any atom is -0.496 e. The van der Waals surface area contributed by atoms with Gasteiger partial charge < -0.3 is 9.47 Å². The smallest absolute Gasteiger partial charge is 0.189 e. The molecule has 2 aromatic carbocycles. The molecule has 0 saturated heterocycles. The van der Waals surface area contributed by atoms with Gasteiger partial charge in [0.1, 0.15) is 18.1 Å². The quantitative estimate of drug-likeness (QED) is 0.335. The third-order valence-electron chi connectivity index (χ3n) is 4.48. The number of ether oxygens (including phenoxy) is 2. The van der Waals surface area contributed by atoms with Gasteiger partial charge in [0.15, 0.2) is 5.78 Å². The number of carbonyl (C=O) groups is 1. The van der Waals surface area contributed by atoms with Crippen LogP contribution in [0.1, 0.15) is 34.1 Å². The molecule has 0 saturated carbocycles. The first-order valence-corrected chi connectivity index (χ1v) is 10.1. The summed E-state index contributed by atoms with van der Waals surface area (Å²) in [6.07, 6.45) is 5.16. The van der Waals surface area contributed by atoms with Crippen LogP contribution in [-0.2, 0) is 13.2 Å². The van der Waals surface area contributed by atoms with E-state index in [0.29, 0.717) is 12.2 Å². The molecule has 6 heteroatoms. The highest BCUT2D eigenvalue weighted by Gasteiger charge is 2.11. The number of hydrogen-bond acceptors (Lipinski definition) is 4. The lowest BCUT2D eigenvalue weighted by molar-refractivity contribution is 0.104. The third-order valence-corrected chi connectivity index (χ3v) is 5.00. The molecular weight excluding hydrogens is 432 g/mol. The number of rotatable bonds is 8. The molecule has 3 aromatic rings. The molecule has 1 heterocycles. The van der Waals surface area contributed by atoms with Crippen LogP contribution in [0.15, 0.2) is 59.2 Å². The maximum absolute atomic E-state index is 12.5. The van der Waals surface area contributed by atoms with Crippen molar-refractivity contribution in [3.05, 3.63) is 81.6 Å². The Balaban J connectivity index is 1.74.